The van der Waals surface area contributed by atoms with Gasteiger partial charge >= 0.3 is 0 Å². The molecule has 0 aliphatic carbocycles. The smallest absolute Gasteiger partial charge is 0.0267 e. The van der Waals surface area contributed by atoms with Crippen LogP contribution in [0.4, 0.5) is 0 Å². The summed E-state index contributed by atoms with van der Waals surface area (Å²) in [7, 11) is 0. The molecule has 0 heteroatoms. The van der Waals surface area contributed by atoms with Gasteiger partial charge in [0.15, 0.2) is 0 Å². The molecule has 218 valence electrons. The molecule has 0 bridgehead atoms. The maximum absolute atomic E-state index is 5.17. The average molecular weight is 515 g/mol. The van der Waals surface area contributed by atoms with Gasteiger partial charge in [0.25, 0.3) is 0 Å². The van der Waals surface area contributed by atoms with Gasteiger partial charge in [0.05, 0.1) is 0 Å². The van der Waals surface area contributed by atoms with Crippen LogP contribution in [0.5, 0.6) is 0 Å². The Bertz CT molecular complexity index is 477. The van der Waals surface area contributed by atoms with Gasteiger partial charge in [-0.1, -0.05) is 179 Å². The van der Waals surface area contributed by atoms with Gasteiger partial charge < -0.3 is 0 Å². The molecule has 0 aromatic carbocycles. The summed E-state index contributed by atoms with van der Waals surface area (Å²) >= 11 is 0. The molecule has 0 aromatic rings. The molecule has 0 aromatic heterocycles. The SMILES string of the molecule is C#CC/C=C/CCCCCCCCCCCCC.C=C(C)CCCCCCCCCCCCCCCC. The second-order valence-electron chi connectivity index (χ2n) is 11.5. The normalized spacial score (nSPS) is 10.9. The van der Waals surface area contributed by atoms with Crippen LogP contribution >= 0.6 is 0 Å². The molecule has 0 rings (SSSR count). The van der Waals surface area contributed by atoms with Gasteiger partial charge in [-0.3, -0.25) is 0 Å². The first-order chi connectivity index (χ1) is 18.2. The summed E-state index contributed by atoms with van der Waals surface area (Å²) in [5.74, 6) is 2.62. The predicted molar refractivity (Wildman–Crippen MR) is 173 cm³/mol. The number of allylic oxidation sites excluding steroid dienone is 3. The minimum absolute atomic E-state index is 0.790. The maximum atomic E-state index is 5.17. The Morgan fingerprint density at radius 3 is 1.16 bits per heavy atom. The molecule has 0 N–H and O–H groups in total. The van der Waals surface area contributed by atoms with Crippen molar-refractivity contribution in [1.82, 2.24) is 0 Å². The van der Waals surface area contributed by atoms with Gasteiger partial charge in [-0.05, 0) is 32.6 Å². The van der Waals surface area contributed by atoms with E-state index in [0.29, 0.717) is 0 Å². The fraction of sp³-hybridized carbons (Fsp3) is 0.838. The van der Waals surface area contributed by atoms with E-state index in [1.54, 1.807) is 0 Å². The van der Waals surface area contributed by atoms with Gasteiger partial charge in [0.1, 0.15) is 0 Å². The molecule has 37 heavy (non-hydrogen) atoms. The largest absolute Gasteiger partial charge is 0.120 e. The van der Waals surface area contributed by atoms with E-state index in [9.17, 15) is 0 Å². The minimum atomic E-state index is 0.790. The monoisotopic (exact) mass is 515 g/mol. The molecule has 0 amide bonds. The van der Waals surface area contributed by atoms with Gasteiger partial charge in [-0.2, -0.15) is 0 Å². The molecular formula is C37H70. The van der Waals surface area contributed by atoms with Gasteiger partial charge in [-0.25, -0.2) is 0 Å². The topological polar surface area (TPSA) is 0 Å². The standard InChI is InChI=1S/C19H38.C18H32/c1-4-5-6-7-8-9-10-11-12-13-14-15-16-17-18-19(2)3;1-3-5-7-9-11-13-15-17-18-16-14-12-10-8-6-4-2/h2,4-18H2,1,3H3;1,7,9H,4-6,8,10-18H2,2H3/b;9-7+. The molecule has 0 radical (unpaired) electrons. The Hall–Kier alpha value is -0.960. The molecule has 0 nitrogen and oxygen atoms in total. The van der Waals surface area contributed by atoms with Crippen LogP contribution in [0.3, 0.4) is 0 Å². The van der Waals surface area contributed by atoms with Crippen molar-refractivity contribution < 1.29 is 0 Å². The third kappa shape index (κ3) is 42.4. The Balaban J connectivity index is 0. The fourth-order valence-corrected chi connectivity index (χ4v) is 4.82. The van der Waals surface area contributed by atoms with Crippen molar-refractivity contribution in [1.29, 1.82) is 0 Å². The van der Waals surface area contributed by atoms with E-state index in [4.69, 9.17) is 6.42 Å². The molecule has 0 saturated heterocycles. The fourth-order valence-electron chi connectivity index (χ4n) is 4.82. The lowest BCUT2D eigenvalue weighted by Crippen LogP contribution is -1.83. The van der Waals surface area contributed by atoms with Crippen LogP contribution in [0.1, 0.15) is 201 Å². The highest BCUT2D eigenvalue weighted by molar-refractivity contribution is 4.96. The molecule has 0 heterocycles. The zero-order valence-corrected chi connectivity index (χ0v) is 26.2. The van der Waals surface area contributed by atoms with Gasteiger partial charge in [-0.15, -0.1) is 18.9 Å². The van der Waals surface area contributed by atoms with Crippen LogP contribution in [0.2, 0.25) is 0 Å². The first-order valence-electron chi connectivity index (χ1n) is 16.9. The lowest BCUT2D eigenvalue weighted by molar-refractivity contribution is 0.535. The number of unbranched alkanes of at least 4 members (excludes halogenated alkanes) is 24. The summed E-state index contributed by atoms with van der Waals surface area (Å²) in [6, 6.07) is 0. The predicted octanol–water partition coefficient (Wildman–Crippen LogP) is 13.7. The summed E-state index contributed by atoms with van der Waals surface area (Å²) in [6.45, 7) is 10.7. The van der Waals surface area contributed by atoms with Gasteiger partial charge in [0, 0.05) is 6.42 Å². The van der Waals surface area contributed by atoms with Crippen LogP contribution in [0.15, 0.2) is 24.3 Å². The minimum Gasteiger partial charge on any atom is -0.120 e. The zero-order chi connectivity index (χ0) is 27.5. The summed E-state index contributed by atoms with van der Waals surface area (Å²) < 4.78 is 0. The van der Waals surface area contributed by atoms with Crippen molar-refractivity contribution >= 4 is 0 Å². The number of rotatable bonds is 28. The van der Waals surface area contributed by atoms with Crippen molar-refractivity contribution in [2.24, 2.45) is 0 Å². The van der Waals surface area contributed by atoms with Crippen LogP contribution in [0, 0.1) is 12.3 Å². The summed E-state index contributed by atoms with van der Waals surface area (Å²) in [6.07, 6.45) is 48.5. The van der Waals surface area contributed by atoms with Crippen LogP contribution in [-0.2, 0) is 0 Å². The lowest BCUT2D eigenvalue weighted by atomic mass is 10.0. The first-order valence-corrected chi connectivity index (χ1v) is 16.9. The maximum Gasteiger partial charge on any atom is 0.0267 e. The Kier molecular flexibility index (Phi) is 38.4. The van der Waals surface area contributed by atoms with Crippen LogP contribution < -0.4 is 0 Å². The van der Waals surface area contributed by atoms with Crippen LogP contribution in [0.25, 0.3) is 0 Å². The highest BCUT2D eigenvalue weighted by Gasteiger charge is 1.95. The van der Waals surface area contributed by atoms with E-state index in [0.717, 1.165) is 6.42 Å². The highest BCUT2D eigenvalue weighted by atomic mass is 14.0. The molecule has 0 aliphatic rings. The van der Waals surface area contributed by atoms with E-state index in [-0.39, 0.29) is 0 Å². The van der Waals surface area contributed by atoms with Crippen molar-refractivity contribution in [2.75, 3.05) is 0 Å². The quantitative estimate of drug-likeness (QED) is 0.0553. The molecule has 0 spiro atoms. The summed E-state index contributed by atoms with van der Waals surface area (Å²) in [5.41, 5.74) is 1.35. The third-order valence-electron chi connectivity index (χ3n) is 7.33. The number of terminal acetylenes is 1. The first kappa shape index (κ1) is 38.2. The summed E-state index contributed by atoms with van der Waals surface area (Å²) in [4.78, 5) is 0. The Morgan fingerprint density at radius 2 is 0.838 bits per heavy atom. The van der Waals surface area contributed by atoms with Crippen LogP contribution in [-0.4, -0.2) is 0 Å². The third-order valence-corrected chi connectivity index (χ3v) is 7.33. The van der Waals surface area contributed by atoms with E-state index < -0.39 is 0 Å². The van der Waals surface area contributed by atoms with Crippen molar-refractivity contribution in [2.45, 2.75) is 201 Å². The molecule has 0 aliphatic heterocycles. The van der Waals surface area contributed by atoms with E-state index >= 15 is 0 Å². The Morgan fingerprint density at radius 1 is 0.514 bits per heavy atom. The lowest BCUT2D eigenvalue weighted by Gasteiger charge is -2.03. The number of hydrogen-bond acceptors (Lipinski definition) is 0. The second kappa shape index (κ2) is 37.2. The molecular weight excluding hydrogens is 444 g/mol. The van der Waals surface area contributed by atoms with Crippen molar-refractivity contribution in [3.63, 3.8) is 0 Å². The second-order valence-corrected chi connectivity index (χ2v) is 11.5. The van der Waals surface area contributed by atoms with E-state index in [1.165, 1.54) is 179 Å². The van der Waals surface area contributed by atoms with E-state index in [2.05, 4.69) is 45.4 Å². The van der Waals surface area contributed by atoms with Crippen molar-refractivity contribution in [3.05, 3.63) is 24.3 Å². The summed E-state index contributed by atoms with van der Waals surface area (Å²) in [5, 5.41) is 0. The molecule has 0 atom stereocenters. The van der Waals surface area contributed by atoms with Crippen molar-refractivity contribution in [3.8, 4) is 12.3 Å². The molecule has 0 unspecified atom stereocenters. The molecule has 0 fully saturated rings. The van der Waals surface area contributed by atoms with E-state index in [1.807, 2.05) is 0 Å². The zero-order valence-electron chi connectivity index (χ0n) is 26.2. The Labute approximate surface area is 237 Å². The molecule has 0 saturated carbocycles. The number of hydrogen-bond donors (Lipinski definition) is 0. The highest BCUT2D eigenvalue weighted by Crippen LogP contribution is 2.14. The van der Waals surface area contributed by atoms with Gasteiger partial charge in [0.2, 0.25) is 0 Å². The average Bonchev–Trinajstić information content (AvgIpc) is 2.89.